The minimum Gasteiger partial charge on any atom is -0.497 e. The Kier molecular flexibility index (Phi) is 6.42. The van der Waals surface area contributed by atoms with Crippen molar-refractivity contribution in [3.63, 3.8) is 0 Å². The molecule has 31 heavy (non-hydrogen) atoms. The van der Waals surface area contributed by atoms with Crippen LogP contribution >= 0.6 is 11.8 Å². The average molecular weight is 436 g/mol. The monoisotopic (exact) mass is 435 g/mol. The third-order valence-corrected chi connectivity index (χ3v) is 6.18. The number of carbonyl (C=O) groups excluding carboxylic acids is 2. The molecule has 0 radical (unpaired) electrons. The lowest BCUT2D eigenvalue weighted by Gasteiger charge is -2.20. The van der Waals surface area contributed by atoms with Crippen LogP contribution in [0.2, 0.25) is 0 Å². The summed E-state index contributed by atoms with van der Waals surface area (Å²) in [6, 6.07) is 17.5. The molecule has 0 spiro atoms. The summed E-state index contributed by atoms with van der Waals surface area (Å²) in [5.41, 5.74) is 2.22. The van der Waals surface area contributed by atoms with Gasteiger partial charge in [0.2, 0.25) is 5.91 Å². The van der Waals surface area contributed by atoms with Gasteiger partial charge in [0.25, 0.3) is 5.91 Å². The SMILES string of the molecule is COc1ccc(/C=C2\N=C(SC(C)C(=O)NC3CC3)N(Cc3ccccc3)C2=O)cc1. The Bertz CT molecular complexity index is 1010. The van der Waals surface area contributed by atoms with Crippen molar-refractivity contribution in [2.45, 2.75) is 37.6 Å². The van der Waals surface area contributed by atoms with Gasteiger partial charge >= 0.3 is 0 Å². The molecule has 6 nitrogen and oxygen atoms in total. The van der Waals surface area contributed by atoms with Gasteiger partial charge in [0.1, 0.15) is 11.4 Å². The summed E-state index contributed by atoms with van der Waals surface area (Å²) in [6.07, 6.45) is 3.84. The Morgan fingerprint density at radius 1 is 1.23 bits per heavy atom. The van der Waals surface area contributed by atoms with Gasteiger partial charge in [0.05, 0.1) is 18.9 Å². The fraction of sp³-hybridized carbons (Fsp3) is 0.292. The zero-order valence-electron chi connectivity index (χ0n) is 17.6. The number of rotatable bonds is 7. The van der Waals surface area contributed by atoms with Gasteiger partial charge in [-0.3, -0.25) is 14.5 Å². The minimum atomic E-state index is -0.342. The molecular formula is C24H25N3O3S. The number of amidine groups is 1. The summed E-state index contributed by atoms with van der Waals surface area (Å²) in [7, 11) is 1.61. The van der Waals surface area contributed by atoms with Crippen LogP contribution in [-0.4, -0.2) is 40.3 Å². The van der Waals surface area contributed by atoms with Gasteiger partial charge in [-0.25, -0.2) is 4.99 Å². The summed E-state index contributed by atoms with van der Waals surface area (Å²) < 4.78 is 5.19. The molecule has 4 rings (SSSR count). The van der Waals surface area contributed by atoms with Gasteiger partial charge in [0.15, 0.2) is 5.17 Å². The van der Waals surface area contributed by atoms with Crippen LogP contribution < -0.4 is 10.1 Å². The molecule has 1 saturated carbocycles. The van der Waals surface area contributed by atoms with E-state index in [2.05, 4.69) is 10.3 Å². The number of aliphatic imine (C=N–C) groups is 1. The van der Waals surface area contributed by atoms with Crippen LogP contribution in [0.1, 0.15) is 30.9 Å². The van der Waals surface area contributed by atoms with Crippen LogP contribution in [-0.2, 0) is 16.1 Å². The van der Waals surface area contributed by atoms with E-state index in [4.69, 9.17) is 4.74 Å². The molecular weight excluding hydrogens is 410 g/mol. The Balaban J connectivity index is 1.57. The summed E-state index contributed by atoms with van der Waals surface area (Å²) in [6.45, 7) is 2.25. The lowest BCUT2D eigenvalue weighted by Crippen LogP contribution is -2.36. The van der Waals surface area contributed by atoms with E-state index in [0.29, 0.717) is 23.5 Å². The quantitative estimate of drug-likeness (QED) is 0.671. The summed E-state index contributed by atoms with van der Waals surface area (Å²) in [5.74, 6) is 0.563. The number of benzene rings is 2. The minimum absolute atomic E-state index is 0.0186. The number of nitrogens with one attached hydrogen (secondary N) is 1. The second-order valence-electron chi connectivity index (χ2n) is 7.62. The number of carbonyl (C=O) groups is 2. The Hall–Kier alpha value is -3.06. The zero-order chi connectivity index (χ0) is 21.8. The average Bonchev–Trinajstić information content (AvgIpc) is 3.56. The Morgan fingerprint density at radius 2 is 1.94 bits per heavy atom. The van der Waals surface area contributed by atoms with Gasteiger partial charge in [-0.15, -0.1) is 0 Å². The molecule has 7 heteroatoms. The number of ether oxygens (including phenoxy) is 1. The second kappa shape index (κ2) is 9.39. The fourth-order valence-corrected chi connectivity index (χ4v) is 4.06. The van der Waals surface area contributed by atoms with Crippen LogP contribution in [0.25, 0.3) is 6.08 Å². The third-order valence-electron chi connectivity index (χ3n) is 5.09. The standard InChI is InChI=1S/C24H25N3O3S/c1-16(22(28)25-19-10-11-19)31-24-26-21(14-17-8-12-20(30-2)13-9-17)23(29)27(24)15-18-6-4-3-5-7-18/h3-9,12-14,16,19H,10-11,15H2,1-2H3,(H,25,28)/b21-14-. The Morgan fingerprint density at radius 3 is 2.58 bits per heavy atom. The van der Waals surface area contributed by atoms with Gasteiger partial charge in [-0.1, -0.05) is 54.2 Å². The lowest BCUT2D eigenvalue weighted by molar-refractivity contribution is -0.123. The number of methoxy groups -OCH3 is 1. The van der Waals surface area contributed by atoms with Crippen molar-refractivity contribution in [1.29, 1.82) is 0 Å². The molecule has 1 N–H and O–H groups in total. The van der Waals surface area contributed by atoms with E-state index in [1.807, 2.05) is 61.5 Å². The number of hydrogen-bond donors (Lipinski definition) is 1. The predicted octanol–water partition coefficient (Wildman–Crippen LogP) is 3.83. The van der Waals surface area contributed by atoms with Crippen molar-refractivity contribution in [3.05, 3.63) is 71.4 Å². The van der Waals surface area contributed by atoms with E-state index < -0.39 is 0 Å². The van der Waals surface area contributed by atoms with E-state index in [1.165, 1.54) is 11.8 Å². The van der Waals surface area contributed by atoms with Gasteiger partial charge in [-0.2, -0.15) is 0 Å². The first-order valence-electron chi connectivity index (χ1n) is 10.3. The van der Waals surface area contributed by atoms with Crippen molar-refractivity contribution < 1.29 is 14.3 Å². The maximum atomic E-state index is 13.2. The Labute approximate surface area is 186 Å². The van der Waals surface area contributed by atoms with Crippen LogP contribution in [0.3, 0.4) is 0 Å². The number of hydrogen-bond acceptors (Lipinski definition) is 5. The van der Waals surface area contributed by atoms with E-state index in [9.17, 15) is 9.59 Å². The molecule has 1 unspecified atom stereocenters. The highest BCUT2D eigenvalue weighted by molar-refractivity contribution is 8.14. The highest BCUT2D eigenvalue weighted by atomic mass is 32.2. The first-order valence-corrected chi connectivity index (χ1v) is 11.2. The largest absolute Gasteiger partial charge is 0.497 e. The van der Waals surface area contributed by atoms with Gasteiger partial charge < -0.3 is 10.1 Å². The molecule has 2 amide bonds. The second-order valence-corrected chi connectivity index (χ2v) is 8.92. The molecule has 160 valence electrons. The fourth-order valence-electron chi connectivity index (χ4n) is 3.14. The molecule has 2 aromatic rings. The topological polar surface area (TPSA) is 71.0 Å². The first-order chi connectivity index (χ1) is 15.0. The van der Waals surface area contributed by atoms with Gasteiger partial charge in [-0.05, 0) is 49.1 Å². The third kappa shape index (κ3) is 5.35. The van der Waals surface area contributed by atoms with E-state index in [1.54, 1.807) is 18.1 Å². The van der Waals surface area contributed by atoms with Crippen LogP contribution in [0.4, 0.5) is 0 Å². The van der Waals surface area contributed by atoms with E-state index in [0.717, 1.165) is 29.7 Å². The van der Waals surface area contributed by atoms with Crippen molar-refractivity contribution in [2.24, 2.45) is 4.99 Å². The molecule has 0 bridgehead atoms. The summed E-state index contributed by atoms with van der Waals surface area (Å²) in [4.78, 5) is 31.9. The summed E-state index contributed by atoms with van der Waals surface area (Å²) >= 11 is 1.32. The normalized spacial score (nSPS) is 18.1. The molecule has 1 atom stereocenters. The number of nitrogens with zero attached hydrogens (tertiary/aromatic N) is 2. The van der Waals surface area contributed by atoms with Crippen molar-refractivity contribution in [2.75, 3.05) is 7.11 Å². The molecule has 0 saturated heterocycles. The smallest absolute Gasteiger partial charge is 0.278 e. The predicted molar refractivity (Wildman–Crippen MR) is 124 cm³/mol. The molecule has 0 aromatic heterocycles. The summed E-state index contributed by atoms with van der Waals surface area (Å²) in [5, 5.41) is 3.23. The van der Waals surface area contributed by atoms with Crippen molar-refractivity contribution in [3.8, 4) is 5.75 Å². The molecule has 2 aromatic carbocycles. The van der Waals surface area contributed by atoms with Gasteiger partial charge in [0, 0.05) is 6.04 Å². The molecule has 1 fully saturated rings. The maximum absolute atomic E-state index is 13.2. The van der Waals surface area contributed by atoms with Crippen LogP contribution in [0, 0.1) is 0 Å². The number of thioether (sulfide) groups is 1. The van der Waals surface area contributed by atoms with Crippen LogP contribution in [0.15, 0.2) is 65.3 Å². The molecule has 1 aliphatic heterocycles. The van der Waals surface area contributed by atoms with Crippen molar-refractivity contribution in [1.82, 2.24) is 10.2 Å². The zero-order valence-corrected chi connectivity index (χ0v) is 18.4. The molecule has 1 aliphatic carbocycles. The highest BCUT2D eigenvalue weighted by Gasteiger charge is 2.34. The number of amides is 2. The van der Waals surface area contributed by atoms with Crippen molar-refractivity contribution >= 4 is 34.8 Å². The highest BCUT2D eigenvalue weighted by Crippen LogP contribution is 2.29. The molecule has 2 aliphatic rings. The van der Waals surface area contributed by atoms with Crippen LogP contribution in [0.5, 0.6) is 5.75 Å². The first kappa shape index (κ1) is 21.2. The lowest BCUT2D eigenvalue weighted by atomic mass is 10.1. The van der Waals surface area contributed by atoms with E-state index >= 15 is 0 Å². The molecule has 1 heterocycles. The maximum Gasteiger partial charge on any atom is 0.278 e. The van der Waals surface area contributed by atoms with E-state index in [-0.39, 0.29) is 17.1 Å².